The van der Waals surface area contributed by atoms with Crippen molar-refractivity contribution < 1.29 is 15.6 Å². The van der Waals surface area contributed by atoms with E-state index in [0.29, 0.717) is 5.76 Å². The first-order valence-corrected chi connectivity index (χ1v) is 4.94. The van der Waals surface area contributed by atoms with Gasteiger partial charge in [0.2, 0.25) is 0 Å². The maximum atomic E-state index is 10.7. The predicted molar refractivity (Wildman–Crippen MR) is 61.2 cm³/mol. The van der Waals surface area contributed by atoms with Crippen LogP contribution in [0.2, 0.25) is 0 Å². The Morgan fingerprint density at radius 3 is 2.94 bits per heavy atom. The minimum Gasteiger partial charge on any atom is -0.466 e. The van der Waals surface area contributed by atoms with Crippen LogP contribution in [0.25, 0.3) is 12.2 Å². The number of carbonyl (C=O) groups excluding carboxylic acids is 1. The van der Waals surface area contributed by atoms with Crippen LogP contribution in [0.5, 0.6) is 0 Å². The van der Waals surface area contributed by atoms with Crippen molar-refractivity contribution in [2.45, 2.75) is 6.92 Å². The third kappa shape index (κ3) is 2.51. The summed E-state index contributed by atoms with van der Waals surface area (Å²) in [4.78, 5) is 10.7. The number of rotatable bonds is 2. The normalized spacial score (nSPS) is 14.7. The zero-order chi connectivity index (χ0) is 12.3. The van der Waals surface area contributed by atoms with Gasteiger partial charge in [-0.25, -0.2) is 0 Å². The topological polar surface area (TPSA) is 35.5 Å². The molecule has 0 spiro atoms. The fraction of sp³-hybridized carbons (Fsp3) is 0.154. The number of hydrogen-bond acceptors (Lipinski definition) is 3. The lowest BCUT2D eigenvalue weighted by atomic mass is 10.1. The molecule has 0 aliphatic carbocycles. The van der Waals surface area contributed by atoms with Crippen LogP contribution >= 0.6 is 0 Å². The highest BCUT2D eigenvalue weighted by Crippen LogP contribution is 2.19. The number of ether oxygens (including phenoxy) is 2. The summed E-state index contributed by atoms with van der Waals surface area (Å²) in [7, 11) is 0. The van der Waals surface area contributed by atoms with Gasteiger partial charge in [0.25, 0.3) is 0 Å². The fourth-order valence-electron chi connectivity index (χ4n) is 1.39. The third-order valence-electron chi connectivity index (χ3n) is 2.13. The molecule has 0 amide bonds. The maximum absolute atomic E-state index is 10.7. The van der Waals surface area contributed by atoms with E-state index in [1.165, 1.54) is 6.92 Å². The van der Waals surface area contributed by atoms with E-state index in [0.717, 1.165) is 11.1 Å². The van der Waals surface area contributed by atoms with Crippen LogP contribution in [0.1, 0.15) is 19.4 Å². The molecule has 1 aromatic carbocycles. The van der Waals surface area contributed by atoms with Crippen LogP contribution in [0.3, 0.4) is 0 Å². The monoisotopic (exact) mass is 217 g/mol. The number of carbonyl (C=O) groups is 1. The average Bonchev–Trinajstić information content (AvgIpc) is 2.43. The first-order chi connectivity index (χ1) is 8.15. The first kappa shape index (κ1) is 9.21. The molecule has 0 saturated carbocycles. The fourth-order valence-corrected chi connectivity index (χ4v) is 1.39. The molecule has 0 bridgehead atoms. The molecule has 0 fully saturated rings. The van der Waals surface area contributed by atoms with Crippen LogP contribution < -0.4 is 0 Å². The zero-order valence-corrected chi connectivity index (χ0v) is 8.90. The highest BCUT2D eigenvalue weighted by atomic mass is 16.6. The van der Waals surface area contributed by atoms with E-state index >= 15 is 0 Å². The van der Waals surface area contributed by atoms with Gasteiger partial charge in [0.05, 0.1) is 6.24 Å². The van der Waals surface area contributed by atoms with E-state index in [4.69, 9.17) is 10.8 Å². The molecule has 1 heterocycles. The van der Waals surface area contributed by atoms with Gasteiger partial charge in [-0.05, 0) is 23.3 Å². The van der Waals surface area contributed by atoms with Gasteiger partial charge in [0.1, 0.15) is 13.7 Å². The molecule has 0 aromatic heterocycles. The summed E-state index contributed by atoms with van der Waals surface area (Å²) in [5.74, 6) is 0.0777. The minimum atomic E-state index is -0.373. The van der Waals surface area contributed by atoms with Gasteiger partial charge in [-0.15, -0.1) is 0 Å². The van der Waals surface area contributed by atoms with Gasteiger partial charge >= 0.3 is 5.97 Å². The van der Waals surface area contributed by atoms with E-state index < -0.39 is 0 Å². The first-order valence-electron chi connectivity index (χ1n) is 5.44. The Labute approximate surface area is 95.4 Å². The Bertz CT molecular complexity index is 503. The summed E-state index contributed by atoms with van der Waals surface area (Å²) in [6, 6.07) is 7.62. The van der Waals surface area contributed by atoms with Crippen molar-refractivity contribution >= 4 is 18.1 Å². The molecule has 0 saturated heterocycles. The second kappa shape index (κ2) is 4.66. The Hall–Kier alpha value is -2.03. The summed E-state index contributed by atoms with van der Waals surface area (Å²) in [5.41, 5.74) is 1.85. The van der Waals surface area contributed by atoms with Crippen LogP contribution in [-0.4, -0.2) is 12.6 Å². The SMILES string of the molecule is [2H]C1=Cc2ccccc2C=C(COC(C)=O)O1. The highest BCUT2D eigenvalue weighted by Gasteiger charge is 2.06. The van der Waals surface area contributed by atoms with Crippen LogP contribution in [0.4, 0.5) is 0 Å². The van der Waals surface area contributed by atoms with Crippen molar-refractivity contribution in [1.82, 2.24) is 0 Å². The lowest BCUT2D eigenvalue weighted by Gasteiger charge is -2.05. The Balaban J connectivity index is 2.28. The van der Waals surface area contributed by atoms with Gasteiger partial charge in [-0.2, -0.15) is 0 Å². The van der Waals surface area contributed by atoms with E-state index in [2.05, 4.69) is 0 Å². The summed E-state index contributed by atoms with van der Waals surface area (Å²) in [6.45, 7) is 1.38. The quantitative estimate of drug-likeness (QED) is 0.714. The van der Waals surface area contributed by atoms with Crippen LogP contribution in [0, 0.1) is 0 Å². The van der Waals surface area contributed by atoms with Crippen molar-refractivity contribution in [3.05, 3.63) is 47.4 Å². The van der Waals surface area contributed by atoms with Crippen molar-refractivity contribution in [2.75, 3.05) is 6.61 Å². The standard InChI is InChI=1S/C13H12O3/c1-10(14)16-9-13-8-12-5-3-2-4-11(12)6-7-15-13/h2-8H,9H2,1H3/i7D. The molecule has 0 unspecified atom stereocenters. The Kier molecular flexibility index (Phi) is 2.68. The van der Waals surface area contributed by atoms with Gasteiger partial charge in [0.15, 0.2) is 0 Å². The summed E-state index contributed by atoms with van der Waals surface area (Å²) in [5, 5.41) is 0. The Morgan fingerprint density at radius 2 is 2.19 bits per heavy atom. The predicted octanol–water partition coefficient (Wildman–Crippen LogP) is 2.59. The molecule has 0 atom stereocenters. The molecule has 3 heteroatoms. The summed E-state index contributed by atoms with van der Waals surface area (Å²) < 4.78 is 17.7. The molecule has 3 nitrogen and oxygen atoms in total. The number of fused-ring (bicyclic) bond motifs is 1. The van der Waals surface area contributed by atoms with E-state index in [1.54, 1.807) is 12.2 Å². The molecule has 16 heavy (non-hydrogen) atoms. The van der Waals surface area contributed by atoms with Crippen molar-refractivity contribution in [3.8, 4) is 0 Å². The Morgan fingerprint density at radius 1 is 1.44 bits per heavy atom. The molecule has 0 radical (unpaired) electrons. The van der Waals surface area contributed by atoms with Gasteiger partial charge in [0, 0.05) is 6.92 Å². The molecular formula is C13H12O3. The molecule has 0 N–H and O–H groups in total. The van der Waals surface area contributed by atoms with E-state index in [9.17, 15) is 4.79 Å². The largest absolute Gasteiger partial charge is 0.466 e. The maximum Gasteiger partial charge on any atom is 0.303 e. The molecule has 1 aliphatic heterocycles. The second-order valence-corrected chi connectivity index (χ2v) is 3.38. The van der Waals surface area contributed by atoms with Crippen LogP contribution in [0.15, 0.2) is 36.3 Å². The second-order valence-electron chi connectivity index (χ2n) is 3.38. The lowest BCUT2D eigenvalue weighted by Crippen LogP contribution is -2.03. The molecule has 2 rings (SSSR count). The minimum absolute atomic E-state index is 0.0355. The molecule has 1 aromatic rings. The number of benzene rings is 1. The number of esters is 1. The average molecular weight is 217 g/mol. The third-order valence-corrected chi connectivity index (χ3v) is 2.13. The number of hydrogen-bond donors (Lipinski definition) is 0. The molecule has 82 valence electrons. The van der Waals surface area contributed by atoms with Gasteiger partial charge in [-0.1, -0.05) is 24.3 Å². The van der Waals surface area contributed by atoms with E-state index in [-0.39, 0.29) is 18.8 Å². The van der Waals surface area contributed by atoms with Crippen molar-refractivity contribution in [3.63, 3.8) is 0 Å². The summed E-state index contributed by atoms with van der Waals surface area (Å²) in [6.07, 6.45) is 3.44. The van der Waals surface area contributed by atoms with Crippen LogP contribution in [-0.2, 0) is 14.3 Å². The van der Waals surface area contributed by atoms with Crippen molar-refractivity contribution in [2.24, 2.45) is 0 Å². The van der Waals surface area contributed by atoms with E-state index in [1.807, 2.05) is 24.3 Å². The molecular weight excluding hydrogens is 204 g/mol. The lowest BCUT2D eigenvalue weighted by molar-refractivity contribution is -0.140. The zero-order valence-electron chi connectivity index (χ0n) is 9.90. The van der Waals surface area contributed by atoms with Crippen molar-refractivity contribution in [1.29, 1.82) is 0 Å². The highest BCUT2D eigenvalue weighted by molar-refractivity contribution is 5.68. The molecule has 1 aliphatic rings. The van der Waals surface area contributed by atoms with Gasteiger partial charge < -0.3 is 9.47 Å². The summed E-state index contributed by atoms with van der Waals surface area (Å²) >= 11 is 0. The van der Waals surface area contributed by atoms with Gasteiger partial charge in [-0.3, -0.25) is 4.79 Å². The smallest absolute Gasteiger partial charge is 0.303 e.